The maximum Gasteiger partial charge on any atom is 0.231 e. The van der Waals surface area contributed by atoms with Crippen LogP contribution < -0.4 is 0 Å². The maximum atomic E-state index is 13.0. The van der Waals surface area contributed by atoms with Gasteiger partial charge in [-0.3, -0.25) is 9.36 Å². The summed E-state index contributed by atoms with van der Waals surface area (Å²) in [5.74, 6) is 0.0925. The van der Waals surface area contributed by atoms with Gasteiger partial charge in [0.15, 0.2) is 0 Å². The number of carbonyl (C=O) groups is 1. The third-order valence-electron chi connectivity index (χ3n) is 4.75. The molecule has 0 fully saturated rings. The molecule has 3 aromatic carbocycles. The number of carbonyl (C=O) groups excluding carboxylic acids is 1. The molecule has 4 aromatic rings. The van der Waals surface area contributed by atoms with Crippen LogP contribution in [0.1, 0.15) is 18.1 Å². The number of hydrogen-bond donors (Lipinski definition) is 0. The van der Waals surface area contributed by atoms with E-state index in [4.69, 9.17) is 0 Å². The van der Waals surface area contributed by atoms with E-state index >= 15 is 0 Å². The fraction of sp³-hybridized carbons (Fsp3) is 0.0800. The van der Waals surface area contributed by atoms with E-state index in [0.29, 0.717) is 6.42 Å². The van der Waals surface area contributed by atoms with Crippen molar-refractivity contribution in [3.05, 3.63) is 97.1 Å². The second-order valence-electron chi connectivity index (χ2n) is 6.47. The molecule has 0 unspecified atom stereocenters. The third kappa shape index (κ3) is 3.22. The molecule has 0 saturated carbocycles. The molecular weight excluding hydrogens is 330 g/mol. The van der Waals surface area contributed by atoms with E-state index in [2.05, 4.69) is 42.5 Å². The fourth-order valence-corrected chi connectivity index (χ4v) is 3.47. The lowest BCUT2D eigenvalue weighted by atomic mass is 10.0. The molecule has 0 aliphatic carbocycles. The maximum absolute atomic E-state index is 13.0. The largest absolute Gasteiger partial charge is 0.279 e. The van der Waals surface area contributed by atoms with E-state index in [-0.39, 0.29) is 5.91 Å². The first kappa shape index (κ1) is 17.0. The van der Waals surface area contributed by atoms with Crippen molar-refractivity contribution < 1.29 is 4.79 Å². The van der Waals surface area contributed by atoms with Crippen molar-refractivity contribution in [3.8, 4) is 33.6 Å². The zero-order valence-corrected chi connectivity index (χ0v) is 15.3. The summed E-state index contributed by atoms with van der Waals surface area (Å²) in [6.07, 6.45) is 0.447. The topological polar surface area (TPSA) is 22.0 Å². The fourth-order valence-electron chi connectivity index (χ4n) is 3.47. The second-order valence-corrected chi connectivity index (χ2v) is 6.47. The molecular formula is C25H21NO. The van der Waals surface area contributed by atoms with Gasteiger partial charge in [-0.05, 0) is 22.8 Å². The Bertz CT molecular complexity index is 1050. The van der Waals surface area contributed by atoms with Gasteiger partial charge in [-0.25, -0.2) is 0 Å². The summed E-state index contributed by atoms with van der Waals surface area (Å²) in [5.41, 5.74) is 6.14. The van der Waals surface area contributed by atoms with Gasteiger partial charge in [0.05, 0.1) is 11.4 Å². The zero-order valence-electron chi connectivity index (χ0n) is 15.3. The van der Waals surface area contributed by atoms with Crippen molar-refractivity contribution in [3.63, 3.8) is 0 Å². The molecule has 0 aliphatic heterocycles. The Morgan fingerprint density at radius 3 is 1.70 bits per heavy atom. The van der Waals surface area contributed by atoms with Crippen LogP contribution in [0.15, 0.2) is 97.1 Å². The lowest BCUT2D eigenvalue weighted by Crippen LogP contribution is -2.12. The Labute approximate surface area is 159 Å². The van der Waals surface area contributed by atoms with Crippen LogP contribution >= 0.6 is 0 Å². The highest BCUT2D eigenvalue weighted by atomic mass is 16.2. The minimum Gasteiger partial charge on any atom is -0.279 e. The molecule has 0 bridgehead atoms. The highest BCUT2D eigenvalue weighted by molar-refractivity contribution is 5.96. The minimum absolute atomic E-state index is 0.0925. The summed E-state index contributed by atoms with van der Waals surface area (Å²) in [6, 6.07) is 32.7. The van der Waals surface area contributed by atoms with E-state index in [0.717, 1.165) is 33.6 Å². The first-order valence-electron chi connectivity index (χ1n) is 9.25. The lowest BCUT2D eigenvalue weighted by Gasteiger charge is -2.13. The molecule has 1 aromatic heterocycles. The average Bonchev–Trinajstić information content (AvgIpc) is 3.16. The third-order valence-corrected chi connectivity index (χ3v) is 4.75. The predicted molar refractivity (Wildman–Crippen MR) is 112 cm³/mol. The van der Waals surface area contributed by atoms with Crippen LogP contribution in [0.5, 0.6) is 0 Å². The zero-order chi connectivity index (χ0) is 18.6. The summed E-state index contributed by atoms with van der Waals surface area (Å²) in [4.78, 5) is 13.0. The Morgan fingerprint density at radius 2 is 1.19 bits per heavy atom. The van der Waals surface area contributed by atoms with Crippen LogP contribution in [0.2, 0.25) is 0 Å². The number of aromatic nitrogens is 1. The van der Waals surface area contributed by atoms with Crippen LogP contribution in [0, 0.1) is 0 Å². The van der Waals surface area contributed by atoms with Crippen LogP contribution in [0.25, 0.3) is 33.6 Å². The molecule has 0 N–H and O–H groups in total. The Hall–Kier alpha value is -3.39. The molecule has 0 amide bonds. The molecule has 2 heteroatoms. The Morgan fingerprint density at radius 1 is 0.704 bits per heavy atom. The summed E-state index contributed by atoms with van der Waals surface area (Å²) in [5, 5.41) is 0. The smallest absolute Gasteiger partial charge is 0.231 e. The predicted octanol–water partition coefficient (Wildman–Crippen LogP) is 6.54. The monoisotopic (exact) mass is 351 g/mol. The van der Waals surface area contributed by atoms with E-state index in [9.17, 15) is 4.79 Å². The van der Waals surface area contributed by atoms with Crippen LogP contribution in [-0.2, 0) is 0 Å². The number of nitrogens with zero attached hydrogens (tertiary/aromatic N) is 1. The average molecular weight is 351 g/mol. The molecule has 27 heavy (non-hydrogen) atoms. The van der Waals surface area contributed by atoms with Gasteiger partial charge in [-0.2, -0.15) is 0 Å². The standard InChI is InChI=1S/C25H21NO/c1-2-24(27)26-23(20-14-8-4-9-15-20)18-22(19-12-6-3-7-13-19)25(26)21-16-10-5-11-17-21/h3-18H,2H2,1H3. The van der Waals surface area contributed by atoms with Gasteiger partial charge in [-0.1, -0.05) is 97.9 Å². The van der Waals surface area contributed by atoms with Crippen molar-refractivity contribution in [2.24, 2.45) is 0 Å². The van der Waals surface area contributed by atoms with Crippen LogP contribution in [-0.4, -0.2) is 10.5 Å². The molecule has 0 aliphatic rings. The summed E-state index contributed by atoms with van der Waals surface area (Å²) < 4.78 is 1.88. The molecule has 132 valence electrons. The van der Waals surface area contributed by atoms with E-state index < -0.39 is 0 Å². The van der Waals surface area contributed by atoms with Gasteiger partial charge < -0.3 is 0 Å². The van der Waals surface area contributed by atoms with Gasteiger partial charge in [0.25, 0.3) is 0 Å². The molecule has 4 rings (SSSR count). The van der Waals surface area contributed by atoms with Crippen molar-refractivity contribution in [2.45, 2.75) is 13.3 Å². The van der Waals surface area contributed by atoms with E-state index in [1.165, 1.54) is 0 Å². The van der Waals surface area contributed by atoms with E-state index in [1.807, 2.05) is 66.1 Å². The van der Waals surface area contributed by atoms with Gasteiger partial charge in [0.2, 0.25) is 5.91 Å². The first-order valence-corrected chi connectivity index (χ1v) is 9.25. The summed E-state index contributed by atoms with van der Waals surface area (Å²) in [6.45, 7) is 1.91. The highest BCUT2D eigenvalue weighted by Gasteiger charge is 2.22. The van der Waals surface area contributed by atoms with Crippen molar-refractivity contribution in [1.29, 1.82) is 0 Å². The van der Waals surface area contributed by atoms with Gasteiger partial charge in [0.1, 0.15) is 0 Å². The van der Waals surface area contributed by atoms with Gasteiger partial charge in [0, 0.05) is 12.0 Å². The normalized spacial score (nSPS) is 10.7. The SMILES string of the molecule is CCC(=O)n1c(-c2ccccc2)cc(-c2ccccc2)c1-c1ccccc1. The molecule has 0 radical (unpaired) electrons. The Kier molecular flexibility index (Phi) is 4.71. The number of rotatable bonds is 4. The Balaban J connectivity index is 2.07. The van der Waals surface area contributed by atoms with Crippen molar-refractivity contribution in [1.82, 2.24) is 4.57 Å². The second kappa shape index (κ2) is 7.46. The van der Waals surface area contributed by atoms with Crippen LogP contribution in [0.4, 0.5) is 0 Å². The molecule has 0 atom stereocenters. The summed E-state index contributed by atoms with van der Waals surface area (Å²) in [7, 11) is 0. The number of hydrogen-bond acceptors (Lipinski definition) is 1. The minimum atomic E-state index is 0.0925. The molecule has 2 nitrogen and oxygen atoms in total. The molecule has 0 saturated heterocycles. The van der Waals surface area contributed by atoms with Gasteiger partial charge >= 0.3 is 0 Å². The van der Waals surface area contributed by atoms with Crippen LogP contribution in [0.3, 0.4) is 0 Å². The van der Waals surface area contributed by atoms with Gasteiger partial charge in [-0.15, -0.1) is 0 Å². The molecule has 0 spiro atoms. The number of benzene rings is 3. The van der Waals surface area contributed by atoms with Crippen molar-refractivity contribution in [2.75, 3.05) is 0 Å². The first-order chi connectivity index (χ1) is 13.3. The molecule has 1 heterocycles. The highest BCUT2D eigenvalue weighted by Crippen LogP contribution is 2.39. The lowest BCUT2D eigenvalue weighted by molar-refractivity contribution is 0.0913. The van der Waals surface area contributed by atoms with E-state index in [1.54, 1.807) is 0 Å². The summed E-state index contributed by atoms with van der Waals surface area (Å²) >= 11 is 0. The quantitative estimate of drug-likeness (QED) is 0.409. The van der Waals surface area contributed by atoms with Crippen molar-refractivity contribution >= 4 is 5.91 Å².